The van der Waals surface area contributed by atoms with Crippen molar-refractivity contribution in [1.82, 2.24) is 4.57 Å². The van der Waals surface area contributed by atoms with Crippen LogP contribution in [-0.2, 0) is 5.41 Å². The predicted molar refractivity (Wildman–Crippen MR) is 303 cm³/mol. The van der Waals surface area contributed by atoms with Crippen molar-refractivity contribution in [3.05, 3.63) is 254 Å². The Kier molecular flexibility index (Phi) is 8.71. The maximum absolute atomic E-state index is 6.39. The first-order chi connectivity index (χ1) is 35.5. The van der Waals surface area contributed by atoms with Gasteiger partial charge >= 0.3 is 0 Å². The fraction of sp³-hybridized carbons (Fsp3) is 0.0435. The molecule has 2 aromatic heterocycles. The van der Waals surface area contributed by atoms with Crippen molar-refractivity contribution >= 4 is 82.4 Å². The number of furan rings is 1. The van der Waals surface area contributed by atoms with Crippen molar-refractivity contribution in [1.29, 1.82) is 0 Å². The van der Waals surface area contributed by atoms with E-state index in [9.17, 15) is 0 Å². The molecule has 0 amide bonds. The van der Waals surface area contributed by atoms with Gasteiger partial charge in [0.05, 0.1) is 11.0 Å². The molecule has 15 rings (SSSR count). The van der Waals surface area contributed by atoms with Crippen LogP contribution in [0.3, 0.4) is 0 Å². The van der Waals surface area contributed by atoms with Gasteiger partial charge in [-0.15, -0.1) is 0 Å². The van der Waals surface area contributed by atoms with Crippen molar-refractivity contribution < 1.29 is 4.42 Å². The van der Waals surface area contributed by atoms with Crippen LogP contribution in [0, 0.1) is 0 Å². The Labute approximate surface area is 417 Å². The molecular weight excluding hydrogens is 873 g/mol. The van der Waals surface area contributed by atoms with Crippen LogP contribution in [0.25, 0.3) is 115 Å². The molecule has 0 unspecified atom stereocenters. The predicted octanol–water partition coefficient (Wildman–Crippen LogP) is 19.2. The molecular formula is C69H46N2O. The minimum atomic E-state index is -0.213. The second-order valence-corrected chi connectivity index (χ2v) is 20.0. The maximum Gasteiger partial charge on any atom is 0.136 e. The molecule has 0 bridgehead atoms. The van der Waals surface area contributed by atoms with E-state index in [0.29, 0.717) is 0 Å². The van der Waals surface area contributed by atoms with E-state index in [1.54, 1.807) is 0 Å². The molecule has 0 spiro atoms. The van der Waals surface area contributed by atoms with E-state index >= 15 is 0 Å². The van der Waals surface area contributed by atoms with Crippen molar-refractivity contribution in [2.24, 2.45) is 0 Å². The van der Waals surface area contributed by atoms with Crippen molar-refractivity contribution in [3.8, 4) is 50.2 Å². The van der Waals surface area contributed by atoms with Crippen LogP contribution in [0.1, 0.15) is 25.0 Å². The molecule has 0 fully saturated rings. The fourth-order valence-corrected chi connectivity index (χ4v) is 12.3. The summed E-state index contributed by atoms with van der Waals surface area (Å²) in [5, 5.41) is 9.74. The minimum absolute atomic E-state index is 0.213. The highest BCUT2D eigenvalue weighted by Crippen LogP contribution is 2.54. The standard InChI is InChI=1S/C69H46N2O/c1-69(2)60-24-12-21-52(45-17-8-4-9-18-45)66(60)56-36-33-51(42-61(56)69)70(49-31-27-44(28-32-49)43-15-6-3-7-16-43)50-34-38-63-59(41-50)58-40-47(30-37-62(58)71(63)48-19-10-5-11-20-48)46-29-35-53-54-22-13-25-64-67(54)68-55(57(53)39-46)23-14-26-65(68)72-64/h3-42H,1-2H3. The average Bonchev–Trinajstić information content (AvgIpc) is 4.06. The molecule has 3 nitrogen and oxygen atoms in total. The molecule has 1 aliphatic rings. The third-order valence-corrected chi connectivity index (χ3v) is 15.7. The zero-order chi connectivity index (χ0) is 47.7. The van der Waals surface area contributed by atoms with Gasteiger partial charge in [0.15, 0.2) is 0 Å². The normalized spacial score (nSPS) is 13.0. The molecule has 338 valence electrons. The Morgan fingerprint density at radius 1 is 0.347 bits per heavy atom. The molecule has 0 atom stereocenters. The van der Waals surface area contributed by atoms with E-state index in [4.69, 9.17) is 4.42 Å². The Hall–Kier alpha value is -9.18. The number of rotatable bonds is 7. The monoisotopic (exact) mass is 918 g/mol. The third-order valence-electron chi connectivity index (χ3n) is 15.7. The van der Waals surface area contributed by atoms with Gasteiger partial charge in [0.1, 0.15) is 11.2 Å². The van der Waals surface area contributed by atoms with Crippen molar-refractivity contribution in [2.75, 3.05) is 4.90 Å². The summed E-state index contributed by atoms with van der Waals surface area (Å²) in [6.45, 7) is 4.77. The lowest BCUT2D eigenvalue weighted by Crippen LogP contribution is -2.16. The summed E-state index contributed by atoms with van der Waals surface area (Å²) in [6.07, 6.45) is 0. The molecule has 3 heteroatoms. The van der Waals surface area contributed by atoms with E-state index in [1.165, 1.54) is 104 Å². The van der Waals surface area contributed by atoms with Gasteiger partial charge in [0.2, 0.25) is 0 Å². The Balaban J connectivity index is 0.931. The number of hydrogen-bond acceptors (Lipinski definition) is 2. The summed E-state index contributed by atoms with van der Waals surface area (Å²) >= 11 is 0. The van der Waals surface area contributed by atoms with Gasteiger partial charge in [-0.2, -0.15) is 0 Å². The first-order valence-corrected chi connectivity index (χ1v) is 25.0. The lowest BCUT2D eigenvalue weighted by molar-refractivity contribution is 0.660. The average molecular weight is 919 g/mol. The molecule has 14 aromatic rings. The summed E-state index contributed by atoms with van der Waals surface area (Å²) in [4.78, 5) is 2.45. The Morgan fingerprint density at radius 3 is 1.61 bits per heavy atom. The fourth-order valence-electron chi connectivity index (χ4n) is 12.3. The van der Waals surface area contributed by atoms with Gasteiger partial charge in [-0.25, -0.2) is 0 Å². The molecule has 0 radical (unpaired) electrons. The number of nitrogens with zero attached hydrogens (tertiary/aromatic N) is 2. The number of anilines is 3. The molecule has 0 saturated carbocycles. The molecule has 12 aromatic carbocycles. The maximum atomic E-state index is 6.39. The first-order valence-electron chi connectivity index (χ1n) is 25.0. The van der Waals surface area contributed by atoms with E-state index in [0.717, 1.165) is 39.4 Å². The SMILES string of the molecule is CC1(C)c2cc(N(c3ccc(-c4ccccc4)cc3)c3ccc4c(c3)c3cc(-c5ccc6c(c5)c5cccc7oc8cccc6c8c75)ccc3n4-c3ccccc3)ccc2-c2c(-c3ccccc3)cccc21. The molecule has 72 heavy (non-hydrogen) atoms. The van der Waals surface area contributed by atoms with Gasteiger partial charge in [0, 0.05) is 49.7 Å². The van der Waals surface area contributed by atoms with Gasteiger partial charge in [-0.1, -0.05) is 172 Å². The van der Waals surface area contributed by atoms with E-state index in [1.807, 2.05) is 0 Å². The van der Waals surface area contributed by atoms with Gasteiger partial charge in [-0.05, 0) is 162 Å². The van der Waals surface area contributed by atoms with Gasteiger partial charge in [0.25, 0.3) is 0 Å². The minimum Gasteiger partial charge on any atom is -0.456 e. The highest BCUT2D eigenvalue weighted by Gasteiger charge is 2.37. The van der Waals surface area contributed by atoms with E-state index < -0.39 is 0 Å². The highest BCUT2D eigenvalue weighted by molar-refractivity contribution is 6.33. The summed E-state index contributed by atoms with van der Waals surface area (Å²) in [6, 6.07) is 89.3. The van der Waals surface area contributed by atoms with Gasteiger partial charge in [-0.3, -0.25) is 0 Å². The second kappa shape index (κ2) is 15.4. The number of aromatic nitrogens is 1. The lowest BCUT2D eigenvalue weighted by Gasteiger charge is -2.28. The number of hydrogen-bond donors (Lipinski definition) is 0. The molecule has 2 heterocycles. The number of para-hydroxylation sites is 1. The quantitative estimate of drug-likeness (QED) is 0.149. The highest BCUT2D eigenvalue weighted by atomic mass is 16.3. The topological polar surface area (TPSA) is 21.3 Å². The second-order valence-electron chi connectivity index (χ2n) is 20.0. The largest absolute Gasteiger partial charge is 0.456 e. The van der Waals surface area contributed by atoms with Crippen LogP contribution < -0.4 is 4.90 Å². The first kappa shape index (κ1) is 40.7. The van der Waals surface area contributed by atoms with Crippen LogP contribution in [0.15, 0.2) is 247 Å². The van der Waals surface area contributed by atoms with Crippen LogP contribution in [0.4, 0.5) is 17.1 Å². The zero-order valence-electron chi connectivity index (χ0n) is 39.9. The number of fused-ring (bicyclic) bond motifs is 9. The summed E-state index contributed by atoms with van der Waals surface area (Å²) in [5.74, 6) is 0. The molecule has 0 saturated heterocycles. The zero-order valence-corrected chi connectivity index (χ0v) is 39.9. The Bertz CT molecular complexity index is 4450. The van der Waals surface area contributed by atoms with Crippen molar-refractivity contribution in [2.45, 2.75) is 19.3 Å². The van der Waals surface area contributed by atoms with E-state index in [2.05, 4.69) is 266 Å². The molecule has 1 aliphatic carbocycles. The summed E-state index contributed by atoms with van der Waals surface area (Å²) < 4.78 is 8.81. The van der Waals surface area contributed by atoms with Crippen LogP contribution >= 0.6 is 0 Å². The van der Waals surface area contributed by atoms with Crippen LogP contribution in [0.2, 0.25) is 0 Å². The number of benzene rings is 12. The third kappa shape index (κ3) is 5.98. The van der Waals surface area contributed by atoms with Crippen LogP contribution in [0.5, 0.6) is 0 Å². The van der Waals surface area contributed by atoms with E-state index in [-0.39, 0.29) is 5.41 Å². The smallest absolute Gasteiger partial charge is 0.136 e. The van der Waals surface area contributed by atoms with Crippen molar-refractivity contribution in [3.63, 3.8) is 0 Å². The molecule has 0 aliphatic heterocycles. The van der Waals surface area contributed by atoms with Crippen LogP contribution in [-0.4, -0.2) is 4.57 Å². The summed E-state index contributed by atoms with van der Waals surface area (Å²) in [5.41, 5.74) is 21.0. The summed E-state index contributed by atoms with van der Waals surface area (Å²) in [7, 11) is 0. The Morgan fingerprint density at radius 2 is 0.889 bits per heavy atom. The molecule has 0 N–H and O–H groups in total. The van der Waals surface area contributed by atoms with Gasteiger partial charge < -0.3 is 13.9 Å². The lowest BCUT2D eigenvalue weighted by atomic mass is 9.81.